The van der Waals surface area contributed by atoms with Crippen molar-refractivity contribution in [2.75, 3.05) is 5.32 Å². The van der Waals surface area contributed by atoms with Crippen LogP contribution in [0.2, 0.25) is 0 Å². The second kappa shape index (κ2) is 6.33. The highest BCUT2D eigenvalue weighted by Gasteiger charge is 2.13. The molecule has 1 atom stereocenters. The largest absolute Gasteiger partial charge is 0.376 e. The minimum absolute atomic E-state index is 0.277. The monoisotopic (exact) mass is 285 g/mol. The van der Waals surface area contributed by atoms with E-state index in [1.807, 2.05) is 18.7 Å². The maximum Gasteiger partial charge on any atom is 0.0828 e. The van der Waals surface area contributed by atoms with Gasteiger partial charge in [-0.1, -0.05) is 38.1 Å². The zero-order valence-electron chi connectivity index (χ0n) is 14.1. The highest BCUT2D eigenvalue weighted by atomic mass is 15.3. The molecule has 1 unspecified atom stereocenters. The number of aromatic nitrogens is 2. The molecule has 21 heavy (non-hydrogen) atoms. The van der Waals surface area contributed by atoms with E-state index in [2.05, 4.69) is 62.4 Å². The van der Waals surface area contributed by atoms with Crippen LogP contribution in [0.1, 0.15) is 49.3 Å². The number of nitrogens with zero attached hydrogens (tertiary/aromatic N) is 2. The first-order valence-electron chi connectivity index (χ1n) is 7.74. The molecule has 114 valence electrons. The van der Waals surface area contributed by atoms with Gasteiger partial charge in [-0.15, -0.1) is 0 Å². The van der Waals surface area contributed by atoms with Crippen LogP contribution in [-0.4, -0.2) is 9.78 Å². The quantitative estimate of drug-likeness (QED) is 0.882. The summed E-state index contributed by atoms with van der Waals surface area (Å²) >= 11 is 0. The lowest BCUT2D eigenvalue weighted by atomic mass is 10.00. The van der Waals surface area contributed by atoms with Gasteiger partial charge < -0.3 is 5.32 Å². The van der Waals surface area contributed by atoms with Crippen molar-refractivity contribution >= 4 is 5.69 Å². The van der Waals surface area contributed by atoms with Gasteiger partial charge in [-0.2, -0.15) is 5.10 Å². The lowest BCUT2D eigenvalue weighted by Gasteiger charge is -2.17. The molecule has 0 amide bonds. The minimum Gasteiger partial charge on any atom is -0.376 e. The van der Waals surface area contributed by atoms with Crippen LogP contribution < -0.4 is 5.32 Å². The molecule has 0 spiro atoms. The normalized spacial score (nSPS) is 12.7. The summed E-state index contributed by atoms with van der Waals surface area (Å²) in [5.74, 6) is 0.701. The van der Waals surface area contributed by atoms with E-state index in [1.54, 1.807) is 0 Å². The predicted molar refractivity (Wildman–Crippen MR) is 89.7 cm³/mol. The average Bonchev–Trinajstić information content (AvgIpc) is 2.65. The molecule has 0 saturated carbocycles. The fourth-order valence-corrected chi connectivity index (χ4v) is 2.70. The molecule has 2 rings (SSSR count). The summed E-state index contributed by atoms with van der Waals surface area (Å²) in [4.78, 5) is 0. The molecule has 1 aromatic carbocycles. The number of aryl methyl sites for hydroxylation is 2. The standard InChI is InChI=1S/C18H27N3/c1-12(2)11-16-7-9-17(10-8-16)13(3)19-18-14(4)20-21(6)15(18)5/h7-10,12-13,19H,11H2,1-6H3. The van der Waals surface area contributed by atoms with E-state index in [-0.39, 0.29) is 6.04 Å². The smallest absolute Gasteiger partial charge is 0.0828 e. The molecule has 0 aliphatic heterocycles. The Hall–Kier alpha value is -1.77. The first-order chi connectivity index (χ1) is 9.88. The van der Waals surface area contributed by atoms with Crippen LogP contribution in [0.3, 0.4) is 0 Å². The Morgan fingerprint density at radius 1 is 1.10 bits per heavy atom. The van der Waals surface area contributed by atoms with Gasteiger partial charge in [0.05, 0.1) is 17.1 Å². The Balaban J connectivity index is 2.11. The van der Waals surface area contributed by atoms with Crippen LogP contribution >= 0.6 is 0 Å². The van der Waals surface area contributed by atoms with Crippen molar-refractivity contribution in [1.82, 2.24) is 9.78 Å². The number of benzene rings is 1. The lowest BCUT2D eigenvalue weighted by molar-refractivity contribution is 0.647. The molecule has 0 aliphatic carbocycles. The molecular weight excluding hydrogens is 258 g/mol. The molecule has 3 heteroatoms. The van der Waals surface area contributed by atoms with Gasteiger partial charge in [-0.25, -0.2) is 0 Å². The summed E-state index contributed by atoms with van der Waals surface area (Å²) < 4.78 is 1.93. The summed E-state index contributed by atoms with van der Waals surface area (Å²) in [6, 6.07) is 9.24. The second-order valence-electron chi connectivity index (χ2n) is 6.38. The van der Waals surface area contributed by atoms with E-state index < -0.39 is 0 Å². The number of hydrogen-bond donors (Lipinski definition) is 1. The fourth-order valence-electron chi connectivity index (χ4n) is 2.70. The molecule has 1 aromatic heterocycles. The third-order valence-electron chi connectivity index (χ3n) is 3.99. The van der Waals surface area contributed by atoms with Crippen LogP contribution in [0.4, 0.5) is 5.69 Å². The second-order valence-corrected chi connectivity index (χ2v) is 6.38. The van der Waals surface area contributed by atoms with Crippen molar-refractivity contribution in [3.8, 4) is 0 Å². The Labute approximate surface area is 128 Å². The molecule has 3 nitrogen and oxygen atoms in total. The van der Waals surface area contributed by atoms with E-state index in [0.29, 0.717) is 5.92 Å². The zero-order valence-corrected chi connectivity index (χ0v) is 14.1. The summed E-state index contributed by atoms with van der Waals surface area (Å²) in [7, 11) is 1.99. The van der Waals surface area contributed by atoms with E-state index in [4.69, 9.17) is 0 Å². The van der Waals surface area contributed by atoms with Gasteiger partial charge in [0.1, 0.15) is 0 Å². The van der Waals surface area contributed by atoms with Gasteiger partial charge in [-0.3, -0.25) is 4.68 Å². The highest BCUT2D eigenvalue weighted by Crippen LogP contribution is 2.25. The van der Waals surface area contributed by atoms with E-state index in [0.717, 1.165) is 17.8 Å². The molecule has 1 heterocycles. The Morgan fingerprint density at radius 3 is 2.19 bits per heavy atom. The third kappa shape index (κ3) is 3.66. The highest BCUT2D eigenvalue weighted by molar-refractivity contribution is 5.53. The Bertz CT molecular complexity index is 594. The lowest BCUT2D eigenvalue weighted by Crippen LogP contribution is -2.08. The zero-order chi connectivity index (χ0) is 15.6. The van der Waals surface area contributed by atoms with E-state index >= 15 is 0 Å². The predicted octanol–water partition coefficient (Wildman–Crippen LogP) is 4.41. The SMILES string of the molecule is Cc1nn(C)c(C)c1NC(C)c1ccc(CC(C)C)cc1. The summed E-state index contributed by atoms with van der Waals surface area (Å²) in [6.45, 7) is 10.9. The van der Waals surface area contributed by atoms with Crippen LogP contribution in [0, 0.1) is 19.8 Å². The molecule has 0 aliphatic rings. The van der Waals surface area contributed by atoms with Crippen molar-refractivity contribution < 1.29 is 0 Å². The van der Waals surface area contributed by atoms with Gasteiger partial charge in [0.2, 0.25) is 0 Å². The van der Waals surface area contributed by atoms with E-state index in [1.165, 1.54) is 16.8 Å². The maximum atomic E-state index is 4.46. The summed E-state index contributed by atoms with van der Waals surface area (Å²) in [5.41, 5.74) is 6.10. The van der Waals surface area contributed by atoms with Crippen LogP contribution in [0.15, 0.2) is 24.3 Å². The summed E-state index contributed by atoms with van der Waals surface area (Å²) in [5, 5.41) is 8.05. The molecule has 0 bridgehead atoms. The number of nitrogens with one attached hydrogen (secondary N) is 1. The first kappa shape index (κ1) is 15.6. The molecule has 1 N–H and O–H groups in total. The van der Waals surface area contributed by atoms with Crippen molar-refractivity contribution in [3.05, 3.63) is 46.8 Å². The van der Waals surface area contributed by atoms with Crippen LogP contribution in [-0.2, 0) is 13.5 Å². The van der Waals surface area contributed by atoms with Crippen LogP contribution in [0.25, 0.3) is 0 Å². The van der Waals surface area contributed by atoms with Crippen molar-refractivity contribution in [2.24, 2.45) is 13.0 Å². The van der Waals surface area contributed by atoms with Crippen molar-refractivity contribution in [3.63, 3.8) is 0 Å². The third-order valence-corrected chi connectivity index (χ3v) is 3.99. The Morgan fingerprint density at radius 2 is 1.71 bits per heavy atom. The number of anilines is 1. The fraction of sp³-hybridized carbons (Fsp3) is 0.500. The Kier molecular flexibility index (Phi) is 4.71. The van der Waals surface area contributed by atoms with Gasteiger partial charge in [0, 0.05) is 13.1 Å². The maximum absolute atomic E-state index is 4.46. The van der Waals surface area contributed by atoms with Crippen molar-refractivity contribution in [1.29, 1.82) is 0 Å². The first-order valence-corrected chi connectivity index (χ1v) is 7.74. The van der Waals surface area contributed by atoms with Gasteiger partial charge in [0.15, 0.2) is 0 Å². The molecule has 2 aromatic rings. The number of rotatable bonds is 5. The summed E-state index contributed by atoms with van der Waals surface area (Å²) in [6.07, 6.45) is 1.14. The molecule has 0 fully saturated rings. The molecular formula is C18H27N3. The molecule has 0 radical (unpaired) electrons. The average molecular weight is 285 g/mol. The molecule has 0 saturated heterocycles. The van der Waals surface area contributed by atoms with Gasteiger partial charge in [-0.05, 0) is 44.2 Å². The van der Waals surface area contributed by atoms with Gasteiger partial charge in [0.25, 0.3) is 0 Å². The minimum atomic E-state index is 0.277. The van der Waals surface area contributed by atoms with Gasteiger partial charge >= 0.3 is 0 Å². The van der Waals surface area contributed by atoms with Crippen molar-refractivity contribution in [2.45, 2.75) is 47.1 Å². The topological polar surface area (TPSA) is 29.9 Å². The van der Waals surface area contributed by atoms with E-state index in [9.17, 15) is 0 Å². The van der Waals surface area contributed by atoms with Crippen LogP contribution in [0.5, 0.6) is 0 Å². The number of hydrogen-bond acceptors (Lipinski definition) is 2.